The maximum absolute atomic E-state index is 4.06. The minimum absolute atomic E-state index is 0.560. The van der Waals surface area contributed by atoms with Gasteiger partial charge in [-0.05, 0) is 44.8 Å². The molecule has 0 spiro atoms. The summed E-state index contributed by atoms with van der Waals surface area (Å²) in [5.74, 6) is 0.567. The van der Waals surface area contributed by atoms with E-state index < -0.39 is 0 Å². The molecule has 1 aliphatic rings. The Morgan fingerprint density at radius 2 is 1.92 bits per heavy atom. The molecule has 2 aromatic heterocycles. The molecule has 3 aromatic rings. The first-order valence-electron chi connectivity index (χ1n) is 9.14. The molecule has 4 nitrogen and oxygen atoms in total. The fourth-order valence-corrected chi connectivity index (χ4v) is 4.91. The number of nitrogens with one attached hydrogen (secondary N) is 1. The van der Waals surface area contributed by atoms with Crippen LogP contribution in [0.1, 0.15) is 21.9 Å². The highest BCUT2D eigenvalue weighted by molar-refractivity contribution is 7.15. The molecule has 1 aliphatic heterocycles. The van der Waals surface area contributed by atoms with Gasteiger partial charge in [-0.3, -0.25) is 10.00 Å². The highest BCUT2D eigenvalue weighted by atomic mass is 32.1. The standard InChI is InChI=1S/C21H26N4S/c1-15-4-6-16(7-5-15)18-13-25(14-20(18)24(2)3)12-17-8-9-21(26-17)19-10-11-22-23-19/h4-11,18,20H,12-14H2,1-3H3,(H,22,23)/t18-,20+/m0/s1. The number of aromatic amines is 1. The first-order chi connectivity index (χ1) is 12.6. The van der Waals surface area contributed by atoms with Crippen molar-refractivity contribution in [3.63, 3.8) is 0 Å². The number of hydrogen-bond donors (Lipinski definition) is 1. The van der Waals surface area contributed by atoms with Crippen molar-refractivity contribution in [3.05, 3.63) is 64.7 Å². The van der Waals surface area contributed by atoms with Crippen molar-refractivity contribution in [2.45, 2.75) is 25.4 Å². The second-order valence-electron chi connectivity index (χ2n) is 7.48. The lowest BCUT2D eigenvalue weighted by Gasteiger charge is -2.25. The van der Waals surface area contributed by atoms with Crippen molar-refractivity contribution in [1.29, 1.82) is 0 Å². The molecule has 136 valence electrons. The molecule has 3 heterocycles. The summed E-state index contributed by atoms with van der Waals surface area (Å²) in [6.07, 6.45) is 1.81. The van der Waals surface area contributed by atoms with Crippen LogP contribution in [0.5, 0.6) is 0 Å². The molecule has 1 saturated heterocycles. The summed E-state index contributed by atoms with van der Waals surface area (Å²) in [6.45, 7) is 5.40. The molecule has 5 heteroatoms. The highest BCUT2D eigenvalue weighted by Gasteiger charge is 2.35. The van der Waals surface area contributed by atoms with Crippen molar-refractivity contribution >= 4 is 11.3 Å². The van der Waals surface area contributed by atoms with Gasteiger partial charge in [0.1, 0.15) is 0 Å². The van der Waals surface area contributed by atoms with Gasteiger partial charge in [0, 0.05) is 42.7 Å². The van der Waals surface area contributed by atoms with Crippen LogP contribution in [0.3, 0.4) is 0 Å². The molecule has 0 unspecified atom stereocenters. The number of thiophene rings is 1. The summed E-state index contributed by atoms with van der Waals surface area (Å²) >= 11 is 1.86. The van der Waals surface area contributed by atoms with E-state index in [4.69, 9.17) is 0 Å². The lowest BCUT2D eigenvalue weighted by Crippen LogP contribution is -2.34. The average molecular weight is 367 g/mol. The van der Waals surface area contributed by atoms with Gasteiger partial charge in [-0.2, -0.15) is 5.10 Å². The van der Waals surface area contributed by atoms with Gasteiger partial charge in [0.05, 0.1) is 10.6 Å². The lowest BCUT2D eigenvalue weighted by atomic mass is 9.93. The molecular weight excluding hydrogens is 340 g/mol. The Bertz CT molecular complexity index is 835. The summed E-state index contributed by atoms with van der Waals surface area (Å²) < 4.78 is 0. The van der Waals surface area contributed by atoms with Gasteiger partial charge in [0.25, 0.3) is 0 Å². The molecule has 2 atom stereocenters. The van der Waals surface area contributed by atoms with Crippen LogP contribution >= 0.6 is 11.3 Å². The van der Waals surface area contributed by atoms with Crippen molar-refractivity contribution < 1.29 is 0 Å². The fraction of sp³-hybridized carbons (Fsp3) is 0.381. The van der Waals surface area contributed by atoms with Crippen LogP contribution in [0.2, 0.25) is 0 Å². The predicted molar refractivity (Wildman–Crippen MR) is 109 cm³/mol. The van der Waals surface area contributed by atoms with Gasteiger partial charge in [-0.25, -0.2) is 0 Å². The minimum atomic E-state index is 0.560. The number of aromatic nitrogens is 2. The first-order valence-corrected chi connectivity index (χ1v) is 9.95. The van der Waals surface area contributed by atoms with E-state index in [1.54, 1.807) is 0 Å². The zero-order valence-corrected chi connectivity index (χ0v) is 16.5. The molecule has 0 amide bonds. The SMILES string of the molecule is Cc1ccc([C@@H]2CN(Cc3ccc(-c4ccn[nH]4)s3)C[C@H]2N(C)C)cc1. The second kappa shape index (κ2) is 7.35. The quantitative estimate of drug-likeness (QED) is 0.742. The summed E-state index contributed by atoms with van der Waals surface area (Å²) in [5.41, 5.74) is 3.89. The second-order valence-corrected chi connectivity index (χ2v) is 8.65. The van der Waals surface area contributed by atoms with Gasteiger partial charge < -0.3 is 4.90 Å². The van der Waals surface area contributed by atoms with E-state index in [2.05, 4.69) is 77.4 Å². The fourth-order valence-electron chi connectivity index (χ4n) is 3.88. The summed E-state index contributed by atoms with van der Waals surface area (Å²) in [6, 6.07) is 16.1. The van der Waals surface area contributed by atoms with Crippen LogP contribution in [0, 0.1) is 6.92 Å². The summed E-state index contributed by atoms with van der Waals surface area (Å²) in [4.78, 5) is 7.65. The summed E-state index contributed by atoms with van der Waals surface area (Å²) in [5, 5.41) is 7.11. The smallest absolute Gasteiger partial charge is 0.0749 e. The number of likely N-dealkylation sites (N-methyl/N-ethyl adjacent to an activating group) is 1. The largest absolute Gasteiger partial charge is 0.305 e. The number of nitrogens with zero attached hydrogens (tertiary/aromatic N) is 3. The van der Waals surface area contributed by atoms with Crippen LogP contribution in [-0.2, 0) is 6.54 Å². The third-order valence-electron chi connectivity index (χ3n) is 5.34. The van der Waals surface area contributed by atoms with Crippen LogP contribution < -0.4 is 0 Å². The Hall–Kier alpha value is -1.95. The molecule has 0 aliphatic carbocycles. The lowest BCUT2D eigenvalue weighted by molar-refractivity contribution is 0.260. The van der Waals surface area contributed by atoms with Gasteiger partial charge in [-0.15, -0.1) is 11.3 Å². The number of hydrogen-bond acceptors (Lipinski definition) is 4. The van der Waals surface area contributed by atoms with E-state index in [-0.39, 0.29) is 0 Å². The van der Waals surface area contributed by atoms with Crippen LogP contribution in [0.4, 0.5) is 0 Å². The Labute approximate surface area is 159 Å². The molecule has 4 rings (SSSR count). The van der Waals surface area contributed by atoms with Crippen molar-refractivity contribution in [3.8, 4) is 10.6 Å². The molecule has 0 bridgehead atoms. The zero-order chi connectivity index (χ0) is 18.1. The van der Waals surface area contributed by atoms with Crippen LogP contribution in [-0.4, -0.2) is 53.2 Å². The third-order valence-corrected chi connectivity index (χ3v) is 6.44. The normalized spacial score (nSPS) is 20.9. The molecule has 1 aromatic carbocycles. The average Bonchev–Trinajstić information content (AvgIpc) is 3.36. The maximum Gasteiger partial charge on any atom is 0.0749 e. The number of rotatable bonds is 5. The molecule has 1 fully saturated rings. The summed E-state index contributed by atoms with van der Waals surface area (Å²) in [7, 11) is 4.41. The molecule has 1 N–H and O–H groups in total. The van der Waals surface area contributed by atoms with Gasteiger partial charge >= 0.3 is 0 Å². The Balaban J connectivity index is 1.49. The van der Waals surface area contributed by atoms with Crippen molar-refractivity contribution in [2.24, 2.45) is 0 Å². The zero-order valence-electron chi connectivity index (χ0n) is 15.6. The Morgan fingerprint density at radius 3 is 2.62 bits per heavy atom. The topological polar surface area (TPSA) is 35.2 Å². The highest BCUT2D eigenvalue weighted by Crippen LogP contribution is 2.33. The van der Waals surface area contributed by atoms with Crippen LogP contribution in [0.15, 0.2) is 48.7 Å². The van der Waals surface area contributed by atoms with Gasteiger partial charge in [-0.1, -0.05) is 29.8 Å². The van der Waals surface area contributed by atoms with E-state index in [1.807, 2.05) is 23.6 Å². The van der Waals surface area contributed by atoms with Crippen molar-refractivity contribution in [2.75, 3.05) is 27.2 Å². The van der Waals surface area contributed by atoms with Gasteiger partial charge in [0.2, 0.25) is 0 Å². The van der Waals surface area contributed by atoms with E-state index in [0.717, 1.165) is 25.3 Å². The number of benzene rings is 1. The van der Waals surface area contributed by atoms with E-state index in [9.17, 15) is 0 Å². The molecule has 0 radical (unpaired) electrons. The van der Waals surface area contributed by atoms with E-state index in [0.29, 0.717) is 12.0 Å². The third kappa shape index (κ3) is 3.61. The maximum atomic E-state index is 4.06. The monoisotopic (exact) mass is 366 g/mol. The van der Waals surface area contributed by atoms with E-state index >= 15 is 0 Å². The molecular formula is C21H26N4S. The number of H-pyrrole nitrogens is 1. The Kier molecular flexibility index (Phi) is 4.94. The molecule has 26 heavy (non-hydrogen) atoms. The van der Waals surface area contributed by atoms with Gasteiger partial charge in [0.15, 0.2) is 0 Å². The Morgan fingerprint density at radius 1 is 1.12 bits per heavy atom. The first kappa shape index (κ1) is 17.5. The van der Waals surface area contributed by atoms with Crippen LogP contribution in [0.25, 0.3) is 10.6 Å². The predicted octanol–water partition coefficient (Wildman–Crippen LogP) is 3.98. The van der Waals surface area contributed by atoms with Crippen molar-refractivity contribution in [1.82, 2.24) is 20.0 Å². The van der Waals surface area contributed by atoms with E-state index in [1.165, 1.54) is 20.9 Å². The number of likely N-dealkylation sites (tertiary alicyclic amines) is 1. The number of aryl methyl sites for hydroxylation is 1. The molecule has 0 saturated carbocycles. The minimum Gasteiger partial charge on any atom is -0.305 e.